The zero-order valence-corrected chi connectivity index (χ0v) is 15.8. The molecule has 2 saturated heterocycles. The summed E-state index contributed by atoms with van der Waals surface area (Å²) in [5, 5.41) is 0. The topological polar surface area (TPSA) is 62.3 Å². The Morgan fingerprint density at radius 3 is 2.59 bits per heavy atom. The first-order valence-corrected chi connectivity index (χ1v) is 9.17. The summed E-state index contributed by atoms with van der Waals surface area (Å²) < 4.78 is 23.6. The van der Waals surface area contributed by atoms with Gasteiger partial charge in [0.2, 0.25) is 0 Å². The predicted octanol–water partition coefficient (Wildman–Crippen LogP) is 1.58. The predicted molar refractivity (Wildman–Crippen MR) is 97.0 cm³/mol. The van der Waals surface area contributed by atoms with Gasteiger partial charge in [-0.25, -0.2) is 9.18 Å². The Kier molecular flexibility index (Phi) is 5.96. The van der Waals surface area contributed by atoms with Crippen LogP contribution in [0.4, 0.5) is 9.18 Å². The molecular weight excluding hydrogens is 353 g/mol. The van der Waals surface area contributed by atoms with Gasteiger partial charge >= 0.3 is 6.03 Å². The number of hydrogen-bond acceptors (Lipinski definition) is 5. The number of likely N-dealkylation sites (tertiary alicyclic amines) is 1. The third-order valence-corrected chi connectivity index (χ3v) is 5.28. The van der Waals surface area contributed by atoms with Crippen molar-refractivity contribution in [1.29, 1.82) is 0 Å². The molecule has 0 aliphatic carbocycles. The minimum atomic E-state index is -0.776. The molecular formula is C19H26FN3O4. The smallest absolute Gasteiger partial charge is 0.327 e. The van der Waals surface area contributed by atoms with Crippen LogP contribution >= 0.6 is 0 Å². The first-order valence-electron chi connectivity index (χ1n) is 9.17. The van der Waals surface area contributed by atoms with Gasteiger partial charge in [0, 0.05) is 40.3 Å². The third-order valence-electron chi connectivity index (χ3n) is 5.28. The van der Waals surface area contributed by atoms with Crippen LogP contribution in [0.15, 0.2) is 24.3 Å². The Labute approximate surface area is 158 Å². The van der Waals surface area contributed by atoms with Gasteiger partial charge < -0.3 is 19.3 Å². The Balaban J connectivity index is 1.52. The summed E-state index contributed by atoms with van der Waals surface area (Å²) in [6.45, 7) is 3.38. The SMILES string of the molecule is COCCN1C(=O)N(C)C(=O)C12CCN(CCCOc1ccc(F)cc1)C2. The highest BCUT2D eigenvalue weighted by Crippen LogP contribution is 2.35. The van der Waals surface area contributed by atoms with Crippen LogP contribution in [0.2, 0.25) is 0 Å². The molecule has 2 fully saturated rings. The molecule has 8 heteroatoms. The zero-order chi connectivity index (χ0) is 19.4. The first-order chi connectivity index (χ1) is 13.0. The van der Waals surface area contributed by atoms with Crippen molar-refractivity contribution in [3.63, 3.8) is 0 Å². The summed E-state index contributed by atoms with van der Waals surface area (Å²) in [5.41, 5.74) is -0.776. The molecule has 7 nitrogen and oxygen atoms in total. The van der Waals surface area contributed by atoms with Crippen molar-refractivity contribution in [2.24, 2.45) is 0 Å². The van der Waals surface area contributed by atoms with Crippen molar-refractivity contribution in [1.82, 2.24) is 14.7 Å². The number of rotatable bonds is 8. The highest BCUT2D eigenvalue weighted by atomic mass is 19.1. The Hall–Kier alpha value is -2.19. The van der Waals surface area contributed by atoms with Crippen LogP contribution in [-0.2, 0) is 9.53 Å². The Bertz CT molecular complexity index is 684. The highest BCUT2D eigenvalue weighted by molar-refractivity contribution is 6.07. The number of carbonyl (C=O) groups excluding carboxylic acids is 2. The van der Waals surface area contributed by atoms with Crippen molar-refractivity contribution in [2.45, 2.75) is 18.4 Å². The summed E-state index contributed by atoms with van der Waals surface area (Å²) in [6, 6.07) is 5.69. The molecule has 0 bridgehead atoms. The molecule has 1 aromatic carbocycles. The number of halogens is 1. The molecule has 0 N–H and O–H groups in total. The number of carbonyl (C=O) groups is 2. The van der Waals surface area contributed by atoms with Crippen molar-refractivity contribution in [2.75, 3.05) is 53.6 Å². The monoisotopic (exact) mass is 379 g/mol. The Morgan fingerprint density at radius 1 is 1.15 bits per heavy atom. The number of amides is 3. The maximum absolute atomic E-state index is 12.9. The van der Waals surface area contributed by atoms with Gasteiger partial charge in [0.05, 0.1) is 13.2 Å². The van der Waals surface area contributed by atoms with Gasteiger partial charge in [0.25, 0.3) is 5.91 Å². The number of methoxy groups -OCH3 is 1. The summed E-state index contributed by atoms with van der Waals surface area (Å²) >= 11 is 0. The largest absolute Gasteiger partial charge is 0.494 e. The summed E-state index contributed by atoms with van der Waals surface area (Å²) in [6.07, 6.45) is 1.41. The van der Waals surface area contributed by atoms with Gasteiger partial charge in [-0.3, -0.25) is 9.69 Å². The maximum Gasteiger partial charge on any atom is 0.327 e. The van der Waals surface area contributed by atoms with E-state index in [4.69, 9.17) is 9.47 Å². The van der Waals surface area contributed by atoms with Gasteiger partial charge in [0.1, 0.15) is 17.1 Å². The molecule has 1 unspecified atom stereocenters. The van der Waals surface area contributed by atoms with E-state index >= 15 is 0 Å². The van der Waals surface area contributed by atoms with Crippen molar-refractivity contribution < 1.29 is 23.5 Å². The van der Waals surface area contributed by atoms with Crippen LogP contribution in [0.5, 0.6) is 5.75 Å². The molecule has 1 spiro atoms. The van der Waals surface area contributed by atoms with E-state index in [1.54, 1.807) is 31.2 Å². The standard InChI is InChI=1S/C19H26FN3O4/c1-21-17(24)19(23(18(21)25)11-13-26-2)8-10-22(14-19)9-3-12-27-16-6-4-15(20)5-7-16/h4-7H,3,8-14H2,1-2H3. The lowest BCUT2D eigenvalue weighted by atomic mass is 9.97. The lowest BCUT2D eigenvalue weighted by Gasteiger charge is -2.31. The average molecular weight is 379 g/mol. The van der Waals surface area contributed by atoms with Crippen LogP contribution < -0.4 is 4.74 Å². The van der Waals surface area contributed by atoms with Crippen molar-refractivity contribution in [3.8, 4) is 5.75 Å². The van der Waals surface area contributed by atoms with Crippen molar-refractivity contribution in [3.05, 3.63) is 30.1 Å². The van der Waals surface area contributed by atoms with E-state index in [1.807, 2.05) is 0 Å². The molecule has 0 saturated carbocycles. The number of benzene rings is 1. The van der Waals surface area contributed by atoms with Crippen LogP contribution in [0, 0.1) is 5.82 Å². The number of nitrogens with zero attached hydrogens (tertiary/aromatic N) is 3. The third kappa shape index (κ3) is 3.91. The molecule has 2 aliphatic heterocycles. The molecule has 27 heavy (non-hydrogen) atoms. The first kappa shape index (κ1) is 19.6. The second-order valence-corrected chi connectivity index (χ2v) is 7.00. The van der Waals surface area contributed by atoms with Gasteiger partial charge in [0.15, 0.2) is 0 Å². The minimum absolute atomic E-state index is 0.131. The quantitative estimate of drug-likeness (QED) is 0.507. The van der Waals surface area contributed by atoms with E-state index < -0.39 is 5.54 Å². The number of ether oxygens (including phenoxy) is 2. The summed E-state index contributed by atoms with van der Waals surface area (Å²) in [4.78, 5) is 30.3. The van der Waals surface area contributed by atoms with E-state index in [9.17, 15) is 14.0 Å². The fourth-order valence-corrected chi connectivity index (χ4v) is 3.84. The lowest BCUT2D eigenvalue weighted by Crippen LogP contribution is -2.52. The van der Waals surface area contributed by atoms with Crippen LogP contribution in [0.1, 0.15) is 12.8 Å². The van der Waals surface area contributed by atoms with Gasteiger partial charge in [-0.2, -0.15) is 0 Å². The normalized spacial score (nSPS) is 23.1. The Morgan fingerprint density at radius 2 is 1.89 bits per heavy atom. The molecule has 2 heterocycles. The second kappa shape index (κ2) is 8.22. The molecule has 2 aliphatic rings. The number of imide groups is 1. The highest BCUT2D eigenvalue weighted by Gasteiger charge is 2.58. The van der Waals surface area contributed by atoms with E-state index in [-0.39, 0.29) is 17.8 Å². The van der Waals surface area contributed by atoms with E-state index in [2.05, 4.69) is 4.90 Å². The number of likely N-dealkylation sites (N-methyl/N-ethyl adjacent to an activating group) is 1. The van der Waals surface area contributed by atoms with E-state index in [0.29, 0.717) is 38.5 Å². The molecule has 3 rings (SSSR count). The van der Waals surface area contributed by atoms with E-state index in [1.165, 1.54) is 17.0 Å². The van der Waals surface area contributed by atoms with Crippen LogP contribution in [0.3, 0.4) is 0 Å². The van der Waals surface area contributed by atoms with Crippen molar-refractivity contribution >= 4 is 11.9 Å². The molecule has 3 amide bonds. The zero-order valence-electron chi connectivity index (χ0n) is 15.8. The second-order valence-electron chi connectivity index (χ2n) is 7.00. The number of urea groups is 1. The number of hydrogen-bond donors (Lipinski definition) is 0. The summed E-state index contributed by atoms with van der Waals surface area (Å²) in [5.74, 6) is 0.218. The fraction of sp³-hybridized carbons (Fsp3) is 0.579. The molecule has 1 atom stereocenters. The average Bonchev–Trinajstić information content (AvgIpc) is 3.16. The molecule has 0 aromatic heterocycles. The van der Waals surface area contributed by atoms with Gasteiger partial charge in [-0.15, -0.1) is 0 Å². The summed E-state index contributed by atoms with van der Waals surface area (Å²) in [7, 11) is 3.12. The van der Waals surface area contributed by atoms with E-state index in [0.717, 1.165) is 19.5 Å². The van der Waals surface area contributed by atoms with Gasteiger partial charge in [-0.05, 0) is 37.1 Å². The van der Waals surface area contributed by atoms with Crippen LogP contribution in [0.25, 0.3) is 0 Å². The maximum atomic E-state index is 12.9. The minimum Gasteiger partial charge on any atom is -0.494 e. The molecule has 1 aromatic rings. The lowest BCUT2D eigenvalue weighted by molar-refractivity contribution is -0.132. The molecule has 148 valence electrons. The van der Waals surface area contributed by atoms with Gasteiger partial charge in [-0.1, -0.05) is 0 Å². The van der Waals surface area contributed by atoms with Crippen LogP contribution in [-0.4, -0.2) is 85.7 Å². The molecule has 0 radical (unpaired) electrons. The fourth-order valence-electron chi connectivity index (χ4n) is 3.84.